The van der Waals surface area contributed by atoms with E-state index in [0.717, 1.165) is 42.8 Å². The van der Waals surface area contributed by atoms with Crippen LogP contribution in [0.15, 0.2) is 24.3 Å². The van der Waals surface area contributed by atoms with Gasteiger partial charge in [-0.1, -0.05) is 17.7 Å². The van der Waals surface area contributed by atoms with Crippen molar-refractivity contribution in [1.82, 2.24) is 9.97 Å². The second-order valence-electron chi connectivity index (χ2n) is 7.09. The molecule has 1 aliphatic carbocycles. The summed E-state index contributed by atoms with van der Waals surface area (Å²) in [7, 11) is 0. The summed E-state index contributed by atoms with van der Waals surface area (Å²) in [4.78, 5) is 17.1. The van der Waals surface area contributed by atoms with E-state index in [2.05, 4.69) is 21.9 Å². The van der Waals surface area contributed by atoms with E-state index >= 15 is 0 Å². The van der Waals surface area contributed by atoms with Crippen LogP contribution >= 0.6 is 22.9 Å². The van der Waals surface area contributed by atoms with Gasteiger partial charge in [-0.15, -0.1) is 11.3 Å². The van der Waals surface area contributed by atoms with Gasteiger partial charge in [0.2, 0.25) is 0 Å². The van der Waals surface area contributed by atoms with Gasteiger partial charge >= 0.3 is 0 Å². The molecule has 0 radical (unpaired) electrons. The lowest BCUT2D eigenvalue weighted by atomic mass is 10.1. The van der Waals surface area contributed by atoms with Gasteiger partial charge in [-0.25, -0.2) is 9.97 Å². The highest BCUT2D eigenvalue weighted by molar-refractivity contribution is 7.19. The molecular weight excluding hydrogens is 364 g/mol. The number of piperazine rings is 1. The number of hydrogen-bond acceptors (Lipinski definition) is 5. The molecule has 0 saturated carbocycles. The van der Waals surface area contributed by atoms with Gasteiger partial charge in [0.25, 0.3) is 0 Å². The number of nitrogens with zero attached hydrogens (tertiary/aromatic N) is 4. The Hall–Kier alpha value is -1.85. The van der Waals surface area contributed by atoms with Gasteiger partial charge in [0.1, 0.15) is 16.5 Å². The lowest BCUT2D eigenvalue weighted by Gasteiger charge is -2.37. The Labute approximate surface area is 162 Å². The predicted molar refractivity (Wildman–Crippen MR) is 110 cm³/mol. The van der Waals surface area contributed by atoms with E-state index in [4.69, 9.17) is 21.6 Å². The van der Waals surface area contributed by atoms with Gasteiger partial charge in [-0.3, -0.25) is 0 Å². The molecule has 0 N–H and O–H groups in total. The van der Waals surface area contributed by atoms with E-state index in [-0.39, 0.29) is 0 Å². The monoisotopic (exact) mass is 384 g/mol. The van der Waals surface area contributed by atoms with Crippen LogP contribution in [-0.2, 0) is 12.8 Å². The number of thiophene rings is 1. The Bertz CT molecular complexity index is 975. The average molecular weight is 385 g/mol. The molecule has 0 amide bonds. The molecule has 0 bridgehead atoms. The first-order valence-electron chi connectivity index (χ1n) is 9.23. The van der Waals surface area contributed by atoms with Crippen LogP contribution in [0.5, 0.6) is 0 Å². The first-order chi connectivity index (χ1) is 12.7. The van der Waals surface area contributed by atoms with Crippen LogP contribution in [0.2, 0.25) is 5.02 Å². The SMILES string of the molecule is Cc1nc(N2CCN(c3cccc(Cl)c3)CC2)c2c3c(sc2n1)CCC3. The van der Waals surface area contributed by atoms with Crippen LogP contribution in [0.1, 0.15) is 22.7 Å². The molecular formula is C20H21ClN4S. The molecule has 1 saturated heterocycles. The first-order valence-corrected chi connectivity index (χ1v) is 10.4. The molecule has 3 heterocycles. The van der Waals surface area contributed by atoms with E-state index in [1.807, 2.05) is 30.4 Å². The van der Waals surface area contributed by atoms with Gasteiger partial charge in [0.15, 0.2) is 0 Å². The second-order valence-corrected chi connectivity index (χ2v) is 8.61. The summed E-state index contributed by atoms with van der Waals surface area (Å²) in [6.07, 6.45) is 3.65. The van der Waals surface area contributed by atoms with E-state index in [1.54, 1.807) is 0 Å². The number of hydrogen-bond donors (Lipinski definition) is 0. The zero-order chi connectivity index (χ0) is 17.7. The number of aromatic nitrogens is 2. The fourth-order valence-electron chi connectivity index (χ4n) is 4.16. The summed E-state index contributed by atoms with van der Waals surface area (Å²) in [5.41, 5.74) is 2.72. The third-order valence-corrected chi connectivity index (χ3v) is 6.83. The van der Waals surface area contributed by atoms with E-state index in [0.29, 0.717) is 0 Å². The van der Waals surface area contributed by atoms with Gasteiger partial charge in [-0.2, -0.15) is 0 Å². The first kappa shape index (κ1) is 16.3. The van der Waals surface area contributed by atoms with Crippen LogP contribution in [0.3, 0.4) is 0 Å². The number of rotatable bonds is 2. The van der Waals surface area contributed by atoms with Crippen molar-refractivity contribution in [3.8, 4) is 0 Å². The van der Waals surface area contributed by atoms with Crippen molar-refractivity contribution in [1.29, 1.82) is 0 Å². The van der Waals surface area contributed by atoms with Crippen molar-refractivity contribution < 1.29 is 0 Å². The van der Waals surface area contributed by atoms with Crippen LogP contribution in [0, 0.1) is 6.92 Å². The summed E-state index contributed by atoms with van der Waals surface area (Å²) in [6.45, 7) is 5.93. The lowest BCUT2D eigenvalue weighted by molar-refractivity contribution is 0.648. The quantitative estimate of drug-likeness (QED) is 0.652. The summed E-state index contributed by atoms with van der Waals surface area (Å²) >= 11 is 8.04. The Kier molecular flexibility index (Phi) is 4.02. The van der Waals surface area contributed by atoms with Crippen molar-refractivity contribution in [2.45, 2.75) is 26.2 Å². The molecule has 2 aromatic heterocycles. The van der Waals surface area contributed by atoms with Gasteiger partial charge in [0, 0.05) is 41.8 Å². The molecule has 3 aromatic rings. The standard InChI is InChI=1S/C20H21ClN4S/c1-13-22-19(18-16-6-3-7-17(16)26-20(18)23-13)25-10-8-24(9-11-25)15-5-2-4-14(21)12-15/h2,4-5,12H,3,6-11H2,1H3. The molecule has 26 heavy (non-hydrogen) atoms. The number of fused-ring (bicyclic) bond motifs is 3. The van der Waals surface area contributed by atoms with Crippen LogP contribution in [-0.4, -0.2) is 36.1 Å². The largest absolute Gasteiger partial charge is 0.368 e. The number of halogens is 1. The van der Waals surface area contributed by atoms with Gasteiger partial charge in [-0.05, 0) is 49.9 Å². The fraction of sp³-hybridized carbons (Fsp3) is 0.400. The van der Waals surface area contributed by atoms with E-state index < -0.39 is 0 Å². The highest BCUT2D eigenvalue weighted by Gasteiger charge is 2.26. The number of anilines is 2. The molecule has 1 aromatic carbocycles. The van der Waals surface area contributed by atoms with Gasteiger partial charge in [0.05, 0.1) is 5.39 Å². The van der Waals surface area contributed by atoms with Crippen molar-refractivity contribution >= 4 is 44.7 Å². The maximum Gasteiger partial charge on any atom is 0.141 e. The summed E-state index contributed by atoms with van der Waals surface area (Å²) < 4.78 is 0. The zero-order valence-corrected chi connectivity index (χ0v) is 16.4. The van der Waals surface area contributed by atoms with Crippen LogP contribution in [0.4, 0.5) is 11.5 Å². The molecule has 0 spiro atoms. The Morgan fingerprint density at radius 3 is 2.65 bits per heavy atom. The third kappa shape index (κ3) is 2.74. The molecule has 0 atom stereocenters. The van der Waals surface area contributed by atoms with Crippen LogP contribution in [0.25, 0.3) is 10.2 Å². The lowest BCUT2D eigenvalue weighted by Crippen LogP contribution is -2.47. The third-order valence-electron chi connectivity index (χ3n) is 5.41. The molecule has 6 heteroatoms. The number of benzene rings is 1. The Morgan fingerprint density at radius 2 is 1.85 bits per heavy atom. The van der Waals surface area contributed by atoms with E-state index in [1.165, 1.54) is 45.6 Å². The van der Waals surface area contributed by atoms with Crippen molar-refractivity contribution in [3.05, 3.63) is 45.6 Å². The minimum Gasteiger partial charge on any atom is -0.368 e. The molecule has 1 aliphatic heterocycles. The number of aryl methyl sites for hydroxylation is 3. The van der Waals surface area contributed by atoms with Gasteiger partial charge < -0.3 is 9.80 Å². The average Bonchev–Trinajstić information content (AvgIpc) is 3.22. The van der Waals surface area contributed by atoms with Crippen molar-refractivity contribution in [2.24, 2.45) is 0 Å². The highest BCUT2D eigenvalue weighted by atomic mass is 35.5. The summed E-state index contributed by atoms with van der Waals surface area (Å²) in [5.74, 6) is 2.03. The maximum atomic E-state index is 6.16. The van der Waals surface area contributed by atoms with Crippen molar-refractivity contribution in [2.75, 3.05) is 36.0 Å². The zero-order valence-electron chi connectivity index (χ0n) is 14.8. The van der Waals surface area contributed by atoms with Crippen LogP contribution < -0.4 is 9.80 Å². The summed E-state index contributed by atoms with van der Waals surface area (Å²) in [5, 5.41) is 2.12. The fourth-order valence-corrected chi connectivity index (χ4v) is 5.64. The molecule has 5 rings (SSSR count). The second kappa shape index (κ2) is 6.39. The predicted octanol–water partition coefficient (Wildman–Crippen LogP) is 4.47. The smallest absolute Gasteiger partial charge is 0.141 e. The maximum absolute atomic E-state index is 6.16. The Morgan fingerprint density at radius 1 is 1.04 bits per heavy atom. The molecule has 134 valence electrons. The molecule has 0 unspecified atom stereocenters. The van der Waals surface area contributed by atoms with Crippen molar-refractivity contribution in [3.63, 3.8) is 0 Å². The van der Waals surface area contributed by atoms with E-state index in [9.17, 15) is 0 Å². The Balaban J connectivity index is 1.45. The molecule has 2 aliphatic rings. The normalized spacial score (nSPS) is 17.2. The minimum absolute atomic E-state index is 0.798. The molecule has 1 fully saturated rings. The minimum atomic E-state index is 0.798. The topological polar surface area (TPSA) is 32.3 Å². The molecule has 4 nitrogen and oxygen atoms in total. The highest BCUT2D eigenvalue weighted by Crippen LogP contribution is 2.40. The summed E-state index contributed by atoms with van der Waals surface area (Å²) in [6, 6.07) is 8.14.